The number of ketones is 1. The quantitative estimate of drug-likeness (QED) is 0.317. The molecule has 0 saturated carbocycles. The number of ether oxygens (including phenoxy) is 1. The molecule has 1 unspecified atom stereocenters. The highest BCUT2D eigenvalue weighted by molar-refractivity contribution is 6.50. The minimum atomic E-state index is -1.91. The van der Waals surface area contributed by atoms with Gasteiger partial charge in [-0.3, -0.25) is 14.4 Å². The lowest BCUT2D eigenvalue weighted by atomic mass is 9.82. The molecular weight excluding hydrogens is 427 g/mol. The van der Waals surface area contributed by atoms with Gasteiger partial charge in [0.05, 0.1) is 17.9 Å². The Labute approximate surface area is 190 Å². The van der Waals surface area contributed by atoms with Crippen LogP contribution in [-0.2, 0) is 24.7 Å². The number of amides is 2. The fourth-order valence-corrected chi connectivity index (χ4v) is 4.54. The Bertz CT molecular complexity index is 1220. The van der Waals surface area contributed by atoms with Gasteiger partial charge in [0.2, 0.25) is 0 Å². The number of hydrogen-bond acceptors (Lipinski definition) is 5. The molecule has 2 amide bonds. The van der Waals surface area contributed by atoms with Crippen LogP contribution in [0.2, 0.25) is 0 Å². The average Bonchev–Trinajstić information content (AvgIpc) is 3.18. The maximum atomic E-state index is 14.3. The molecule has 1 N–H and O–H groups in total. The summed E-state index contributed by atoms with van der Waals surface area (Å²) in [6, 6.07) is 10.7. The molecule has 7 nitrogen and oxygen atoms in total. The number of likely N-dealkylation sites (tertiary alicyclic amines) is 1. The Morgan fingerprint density at radius 1 is 1.21 bits per heavy atom. The molecule has 2 aliphatic heterocycles. The molecule has 170 valence electrons. The van der Waals surface area contributed by atoms with Gasteiger partial charge in [-0.15, -0.1) is 6.58 Å². The third kappa shape index (κ3) is 3.09. The number of fused-ring (bicyclic) bond motifs is 2. The lowest BCUT2D eigenvalue weighted by molar-refractivity contribution is -0.144. The highest BCUT2D eigenvalue weighted by Crippen LogP contribution is 2.53. The molecule has 0 radical (unpaired) electrons. The number of aliphatic hydroxyl groups excluding tert-OH is 1. The normalized spacial score (nSPS) is 21.2. The molecule has 0 aromatic heterocycles. The van der Waals surface area contributed by atoms with Crippen LogP contribution in [0.5, 0.6) is 0 Å². The number of rotatable bonds is 6. The molecule has 0 aliphatic carbocycles. The van der Waals surface area contributed by atoms with Crippen molar-refractivity contribution in [3.8, 4) is 0 Å². The van der Waals surface area contributed by atoms with Crippen LogP contribution >= 0.6 is 0 Å². The summed E-state index contributed by atoms with van der Waals surface area (Å²) >= 11 is 0. The summed E-state index contributed by atoms with van der Waals surface area (Å²) in [6.45, 7) is 5.38. The zero-order valence-corrected chi connectivity index (χ0v) is 18.3. The summed E-state index contributed by atoms with van der Waals surface area (Å²) in [6.07, 6.45) is 1.53. The summed E-state index contributed by atoms with van der Waals surface area (Å²) in [5.41, 5.74) is -1.08. The van der Waals surface area contributed by atoms with Crippen molar-refractivity contribution in [3.05, 3.63) is 83.2 Å². The van der Waals surface area contributed by atoms with Gasteiger partial charge in [-0.05, 0) is 24.6 Å². The van der Waals surface area contributed by atoms with Crippen LogP contribution in [0.1, 0.15) is 16.7 Å². The van der Waals surface area contributed by atoms with Crippen LogP contribution in [0.15, 0.2) is 60.7 Å². The van der Waals surface area contributed by atoms with Crippen LogP contribution in [0.25, 0.3) is 5.76 Å². The first-order valence-electron chi connectivity index (χ1n) is 10.4. The summed E-state index contributed by atoms with van der Waals surface area (Å²) in [5.74, 6) is -3.74. The number of hydrogen-bond donors (Lipinski definition) is 1. The van der Waals surface area contributed by atoms with Crippen molar-refractivity contribution in [3.63, 3.8) is 0 Å². The molecule has 8 heteroatoms. The average molecular weight is 450 g/mol. The molecule has 2 aromatic rings. The van der Waals surface area contributed by atoms with E-state index in [1.54, 1.807) is 31.2 Å². The molecule has 1 fully saturated rings. The predicted octanol–water partition coefficient (Wildman–Crippen LogP) is 2.89. The van der Waals surface area contributed by atoms with Crippen LogP contribution in [0.4, 0.5) is 10.1 Å². The maximum absolute atomic E-state index is 14.3. The number of carbonyl (C=O) groups is 3. The molecule has 33 heavy (non-hydrogen) atoms. The van der Waals surface area contributed by atoms with Crippen LogP contribution < -0.4 is 4.90 Å². The van der Waals surface area contributed by atoms with Crippen LogP contribution in [0.3, 0.4) is 0 Å². The zero-order chi connectivity index (χ0) is 23.9. The molecule has 1 spiro atoms. The molecular formula is C25H23FN2O5. The minimum Gasteiger partial charge on any atom is -0.507 e. The molecule has 0 bridgehead atoms. The van der Waals surface area contributed by atoms with E-state index in [2.05, 4.69) is 6.58 Å². The van der Waals surface area contributed by atoms with Gasteiger partial charge in [0.1, 0.15) is 11.6 Å². The highest BCUT2D eigenvalue weighted by atomic mass is 19.1. The van der Waals surface area contributed by atoms with E-state index in [1.807, 2.05) is 0 Å². The van der Waals surface area contributed by atoms with Crippen molar-refractivity contribution in [2.24, 2.45) is 0 Å². The van der Waals surface area contributed by atoms with E-state index in [4.69, 9.17) is 4.74 Å². The topological polar surface area (TPSA) is 87.2 Å². The lowest BCUT2D eigenvalue weighted by Crippen LogP contribution is -2.52. The number of aliphatic hydroxyl groups is 1. The van der Waals surface area contributed by atoms with E-state index in [0.29, 0.717) is 16.8 Å². The van der Waals surface area contributed by atoms with Gasteiger partial charge in [0, 0.05) is 31.3 Å². The molecule has 4 rings (SSSR count). The van der Waals surface area contributed by atoms with E-state index in [0.717, 1.165) is 11.0 Å². The van der Waals surface area contributed by atoms with Crippen LogP contribution in [0, 0.1) is 12.7 Å². The Morgan fingerprint density at radius 2 is 1.94 bits per heavy atom. The minimum absolute atomic E-state index is 0.00494. The van der Waals surface area contributed by atoms with Gasteiger partial charge in [-0.1, -0.05) is 36.4 Å². The summed E-state index contributed by atoms with van der Waals surface area (Å²) in [5, 5.41) is 11.2. The van der Waals surface area contributed by atoms with E-state index < -0.39 is 40.3 Å². The zero-order valence-electron chi connectivity index (χ0n) is 18.3. The van der Waals surface area contributed by atoms with E-state index in [9.17, 15) is 23.9 Å². The number of methoxy groups -OCH3 is 1. The second-order valence-corrected chi connectivity index (χ2v) is 7.90. The molecule has 2 aromatic carbocycles. The first kappa shape index (κ1) is 22.4. The standard InChI is InChI=1S/C25H23FN2O5/c1-4-11-27-19-8-6-5-7-17(19)25(24(27)32)20(22(30)23(31)28(25)12-13-33-3)21(29)16-10-9-15(2)18(26)14-16/h4-10,14,29H,1,11-13H2,2-3H3. The number of benzene rings is 2. The Morgan fingerprint density at radius 3 is 2.61 bits per heavy atom. The number of nitrogens with zero attached hydrogens (tertiary/aromatic N) is 2. The smallest absolute Gasteiger partial charge is 0.296 e. The Kier molecular flexibility index (Phi) is 5.63. The first-order valence-corrected chi connectivity index (χ1v) is 10.4. The summed E-state index contributed by atoms with van der Waals surface area (Å²) in [4.78, 5) is 43.0. The Hall–Kier alpha value is -3.78. The molecule has 1 saturated heterocycles. The first-order chi connectivity index (χ1) is 15.8. The van der Waals surface area contributed by atoms with Crippen molar-refractivity contribution in [1.82, 2.24) is 4.90 Å². The summed E-state index contributed by atoms with van der Waals surface area (Å²) < 4.78 is 19.4. The fourth-order valence-electron chi connectivity index (χ4n) is 4.54. The largest absolute Gasteiger partial charge is 0.507 e. The van der Waals surface area contributed by atoms with E-state index in [-0.39, 0.29) is 25.3 Å². The number of aryl methyl sites for hydroxylation is 1. The number of carbonyl (C=O) groups excluding carboxylic acids is 3. The van der Waals surface area contributed by atoms with Gasteiger partial charge in [-0.25, -0.2) is 4.39 Å². The van der Waals surface area contributed by atoms with E-state index >= 15 is 0 Å². The van der Waals surface area contributed by atoms with Crippen LogP contribution in [-0.4, -0.2) is 54.4 Å². The van der Waals surface area contributed by atoms with Gasteiger partial charge in [0.15, 0.2) is 5.54 Å². The number of anilines is 1. The van der Waals surface area contributed by atoms with Gasteiger partial charge >= 0.3 is 0 Å². The Balaban J connectivity index is 2.07. The predicted molar refractivity (Wildman–Crippen MR) is 120 cm³/mol. The second kappa shape index (κ2) is 8.29. The van der Waals surface area contributed by atoms with Crippen molar-refractivity contribution in [2.45, 2.75) is 12.5 Å². The summed E-state index contributed by atoms with van der Waals surface area (Å²) in [7, 11) is 1.44. The number of para-hydroxylation sites is 1. The fraction of sp³-hybridized carbons (Fsp3) is 0.240. The third-order valence-electron chi connectivity index (χ3n) is 6.09. The highest BCUT2D eigenvalue weighted by Gasteiger charge is 2.66. The second-order valence-electron chi connectivity index (χ2n) is 7.90. The number of Topliss-reactive ketones (excluding diaryl/α,β-unsaturated/α-hetero) is 1. The van der Waals surface area contributed by atoms with E-state index in [1.165, 1.54) is 30.2 Å². The van der Waals surface area contributed by atoms with Crippen molar-refractivity contribution in [1.29, 1.82) is 0 Å². The monoisotopic (exact) mass is 450 g/mol. The molecule has 2 aliphatic rings. The maximum Gasteiger partial charge on any atom is 0.296 e. The lowest BCUT2D eigenvalue weighted by Gasteiger charge is -2.34. The molecule has 2 heterocycles. The third-order valence-corrected chi connectivity index (χ3v) is 6.09. The van der Waals surface area contributed by atoms with Gasteiger partial charge in [-0.2, -0.15) is 0 Å². The van der Waals surface area contributed by atoms with Gasteiger partial charge < -0.3 is 19.6 Å². The van der Waals surface area contributed by atoms with Crippen molar-refractivity contribution < 1.29 is 28.6 Å². The SMILES string of the molecule is C=CCN1C(=O)C2(C(=C(O)c3ccc(C)c(F)c3)C(=O)C(=O)N2CCOC)c2ccccc21. The van der Waals surface area contributed by atoms with Crippen molar-refractivity contribution in [2.75, 3.05) is 31.7 Å². The van der Waals surface area contributed by atoms with Gasteiger partial charge in [0.25, 0.3) is 17.6 Å². The van der Waals surface area contributed by atoms with Crippen molar-refractivity contribution >= 4 is 29.0 Å². The number of halogens is 1. The molecule has 1 atom stereocenters.